The molecule has 0 heterocycles. The molecule has 0 atom stereocenters. The maximum absolute atomic E-state index is 10.9. The first-order valence-electron chi connectivity index (χ1n) is 4.87. The van der Waals surface area contributed by atoms with Crippen LogP contribution in [0.1, 0.15) is 12.0 Å². The van der Waals surface area contributed by atoms with E-state index in [1.165, 1.54) is 18.2 Å². The average molecular weight is 249 g/mol. The van der Waals surface area contributed by atoms with Gasteiger partial charge in [0.1, 0.15) is 5.75 Å². The highest BCUT2D eigenvalue weighted by molar-refractivity contribution is 8.04. The molecular weight excluding hydrogens is 238 g/mol. The zero-order valence-electron chi connectivity index (χ0n) is 8.96. The van der Waals surface area contributed by atoms with Gasteiger partial charge in [-0.2, -0.15) is 5.26 Å². The number of thioether (sulfide) groups is 1. The van der Waals surface area contributed by atoms with E-state index in [2.05, 4.69) is 0 Å². The van der Waals surface area contributed by atoms with E-state index in [9.17, 15) is 9.90 Å². The maximum Gasteiger partial charge on any atom is 0.342 e. The Bertz CT molecular complexity index is 477. The van der Waals surface area contributed by atoms with Crippen LogP contribution in [0.3, 0.4) is 0 Å². The van der Waals surface area contributed by atoms with Crippen molar-refractivity contribution in [2.75, 3.05) is 5.75 Å². The Labute approximate surface area is 103 Å². The number of phenolic OH excluding ortho intramolecular Hbond substituents is 1. The van der Waals surface area contributed by atoms with Crippen molar-refractivity contribution in [1.29, 1.82) is 5.26 Å². The number of carbonyl (C=O) groups is 1. The maximum atomic E-state index is 10.9. The van der Waals surface area contributed by atoms with E-state index in [0.29, 0.717) is 17.7 Å². The third-order valence-electron chi connectivity index (χ3n) is 1.85. The van der Waals surface area contributed by atoms with Crippen molar-refractivity contribution in [2.24, 2.45) is 0 Å². The molecule has 0 unspecified atom stereocenters. The molecule has 4 nitrogen and oxygen atoms in total. The third kappa shape index (κ3) is 4.62. The van der Waals surface area contributed by atoms with Crippen molar-refractivity contribution in [3.63, 3.8) is 0 Å². The Kier molecular flexibility index (Phi) is 5.11. The van der Waals surface area contributed by atoms with E-state index in [-0.39, 0.29) is 10.7 Å². The summed E-state index contributed by atoms with van der Waals surface area (Å²) in [6, 6.07) is 8.29. The fraction of sp³-hybridized carbons (Fsp3) is 0.167. The van der Waals surface area contributed by atoms with Crippen LogP contribution in [0.2, 0.25) is 0 Å². The SMILES string of the molecule is N#CCCS/C(=C\c1cccc(O)c1)C(=O)O. The molecule has 0 spiro atoms. The molecule has 2 N–H and O–H groups in total. The summed E-state index contributed by atoms with van der Waals surface area (Å²) in [5.74, 6) is -0.505. The molecule has 1 rings (SSSR count). The molecule has 88 valence electrons. The molecule has 0 amide bonds. The predicted molar refractivity (Wildman–Crippen MR) is 66.4 cm³/mol. The quantitative estimate of drug-likeness (QED) is 0.618. The van der Waals surface area contributed by atoms with Gasteiger partial charge >= 0.3 is 5.97 Å². The number of carboxylic acid groups (broad SMARTS) is 1. The van der Waals surface area contributed by atoms with Crippen molar-refractivity contribution in [3.8, 4) is 11.8 Å². The van der Waals surface area contributed by atoms with Gasteiger partial charge in [-0.1, -0.05) is 12.1 Å². The van der Waals surface area contributed by atoms with Crippen LogP contribution in [0.5, 0.6) is 5.75 Å². The molecule has 0 radical (unpaired) electrons. The fourth-order valence-corrected chi connectivity index (χ4v) is 1.89. The van der Waals surface area contributed by atoms with Gasteiger partial charge in [0.2, 0.25) is 0 Å². The lowest BCUT2D eigenvalue weighted by Crippen LogP contribution is -1.97. The van der Waals surface area contributed by atoms with Gasteiger partial charge in [-0.15, -0.1) is 11.8 Å². The van der Waals surface area contributed by atoms with Crippen LogP contribution in [0, 0.1) is 11.3 Å². The third-order valence-corrected chi connectivity index (χ3v) is 2.86. The Morgan fingerprint density at radius 1 is 1.53 bits per heavy atom. The summed E-state index contributed by atoms with van der Waals surface area (Å²) in [4.78, 5) is 11.1. The first-order valence-corrected chi connectivity index (χ1v) is 5.86. The van der Waals surface area contributed by atoms with Crippen LogP contribution in [-0.4, -0.2) is 21.9 Å². The lowest BCUT2D eigenvalue weighted by Gasteiger charge is -2.01. The normalized spacial score (nSPS) is 10.9. The monoisotopic (exact) mass is 249 g/mol. The largest absolute Gasteiger partial charge is 0.508 e. The number of nitrogens with zero attached hydrogens (tertiary/aromatic N) is 1. The molecule has 0 aromatic heterocycles. The second-order valence-corrected chi connectivity index (χ2v) is 4.30. The molecule has 0 fully saturated rings. The Morgan fingerprint density at radius 2 is 2.29 bits per heavy atom. The minimum absolute atomic E-state index is 0.0884. The summed E-state index contributed by atoms with van der Waals surface area (Å²) in [5.41, 5.74) is 0.617. The van der Waals surface area contributed by atoms with Gasteiger partial charge in [-0.25, -0.2) is 4.79 Å². The number of hydrogen-bond acceptors (Lipinski definition) is 4. The van der Waals surface area contributed by atoms with Gasteiger partial charge in [0, 0.05) is 12.2 Å². The molecule has 0 aliphatic rings. The lowest BCUT2D eigenvalue weighted by atomic mass is 10.2. The molecule has 0 aliphatic heterocycles. The lowest BCUT2D eigenvalue weighted by molar-refractivity contribution is -0.131. The zero-order valence-corrected chi connectivity index (χ0v) is 9.78. The highest BCUT2D eigenvalue weighted by Crippen LogP contribution is 2.22. The highest BCUT2D eigenvalue weighted by Gasteiger charge is 2.07. The smallest absolute Gasteiger partial charge is 0.342 e. The number of rotatable bonds is 5. The minimum Gasteiger partial charge on any atom is -0.508 e. The second-order valence-electron chi connectivity index (χ2n) is 3.17. The topological polar surface area (TPSA) is 81.3 Å². The summed E-state index contributed by atoms with van der Waals surface area (Å²) in [5, 5.41) is 26.6. The minimum atomic E-state index is -1.03. The molecule has 0 aliphatic carbocycles. The molecule has 0 saturated heterocycles. The second kappa shape index (κ2) is 6.61. The van der Waals surface area contributed by atoms with Crippen LogP contribution < -0.4 is 0 Å². The summed E-state index contributed by atoms with van der Waals surface area (Å²) in [7, 11) is 0. The molecule has 17 heavy (non-hydrogen) atoms. The fourth-order valence-electron chi connectivity index (χ4n) is 1.14. The first kappa shape index (κ1) is 13.1. The number of carboxylic acids is 1. The number of hydrogen-bond donors (Lipinski definition) is 2. The summed E-state index contributed by atoms with van der Waals surface area (Å²) in [6.07, 6.45) is 1.78. The summed E-state index contributed by atoms with van der Waals surface area (Å²) in [6.45, 7) is 0. The molecule has 0 bridgehead atoms. The van der Waals surface area contributed by atoms with E-state index in [1.54, 1.807) is 12.1 Å². The number of aromatic hydroxyl groups is 1. The van der Waals surface area contributed by atoms with Crippen molar-refractivity contribution >= 4 is 23.8 Å². The summed E-state index contributed by atoms with van der Waals surface area (Å²) < 4.78 is 0. The van der Waals surface area contributed by atoms with Gasteiger partial charge < -0.3 is 10.2 Å². The van der Waals surface area contributed by atoms with Gasteiger partial charge in [-0.3, -0.25) is 0 Å². The van der Waals surface area contributed by atoms with Crippen LogP contribution in [0.25, 0.3) is 6.08 Å². The van der Waals surface area contributed by atoms with Gasteiger partial charge in [-0.05, 0) is 23.8 Å². The van der Waals surface area contributed by atoms with E-state index >= 15 is 0 Å². The zero-order chi connectivity index (χ0) is 12.7. The number of phenols is 1. The van der Waals surface area contributed by atoms with E-state index in [1.807, 2.05) is 6.07 Å². The molecule has 1 aromatic carbocycles. The van der Waals surface area contributed by atoms with Crippen molar-refractivity contribution in [3.05, 3.63) is 34.7 Å². The molecular formula is C12H11NO3S. The Hall–Kier alpha value is -1.93. The number of benzene rings is 1. The molecule has 1 aromatic rings. The van der Waals surface area contributed by atoms with E-state index in [0.717, 1.165) is 11.8 Å². The van der Waals surface area contributed by atoms with Crippen molar-refractivity contribution in [1.82, 2.24) is 0 Å². The standard InChI is InChI=1S/C12H11NO3S/c13-5-2-6-17-11(12(15)16)8-9-3-1-4-10(14)7-9/h1,3-4,7-8,14H,2,6H2,(H,15,16)/b11-8-. The Morgan fingerprint density at radius 3 is 2.88 bits per heavy atom. The van der Waals surface area contributed by atoms with Gasteiger partial charge in [0.15, 0.2) is 0 Å². The number of aliphatic carboxylic acids is 1. The Balaban J connectivity index is 2.83. The van der Waals surface area contributed by atoms with Crippen LogP contribution in [0.15, 0.2) is 29.2 Å². The van der Waals surface area contributed by atoms with Crippen molar-refractivity contribution < 1.29 is 15.0 Å². The first-order chi connectivity index (χ1) is 8.13. The average Bonchev–Trinajstić information content (AvgIpc) is 2.28. The van der Waals surface area contributed by atoms with E-state index < -0.39 is 5.97 Å². The van der Waals surface area contributed by atoms with Crippen LogP contribution in [0.4, 0.5) is 0 Å². The van der Waals surface area contributed by atoms with Crippen LogP contribution in [-0.2, 0) is 4.79 Å². The van der Waals surface area contributed by atoms with Gasteiger partial charge in [0.25, 0.3) is 0 Å². The predicted octanol–water partition coefficient (Wildman–Crippen LogP) is 2.46. The molecule has 5 heteroatoms. The molecule has 0 saturated carbocycles. The van der Waals surface area contributed by atoms with Gasteiger partial charge in [0.05, 0.1) is 11.0 Å². The van der Waals surface area contributed by atoms with E-state index in [4.69, 9.17) is 10.4 Å². The number of nitriles is 1. The van der Waals surface area contributed by atoms with Crippen LogP contribution >= 0.6 is 11.8 Å². The van der Waals surface area contributed by atoms with Crippen molar-refractivity contribution in [2.45, 2.75) is 6.42 Å². The highest BCUT2D eigenvalue weighted by atomic mass is 32.2. The summed E-state index contributed by atoms with van der Waals surface area (Å²) >= 11 is 1.11.